The van der Waals surface area contributed by atoms with Crippen LogP contribution in [0, 0.1) is 11.7 Å². The summed E-state index contributed by atoms with van der Waals surface area (Å²) in [6.07, 6.45) is 0. The monoisotopic (exact) mass is 298 g/mol. The summed E-state index contributed by atoms with van der Waals surface area (Å²) >= 11 is 5.75. The topological polar surface area (TPSA) is 72.9 Å². The van der Waals surface area contributed by atoms with Gasteiger partial charge in [-0.1, -0.05) is 25.4 Å². The number of nitrogens with two attached hydrogens (primary N) is 1. The van der Waals surface area contributed by atoms with E-state index in [4.69, 9.17) is 17.3 Å². The lowest BCUT2D eigenvalue weighted by atomic mass is 10.2. The lowest BCUT2D eigenvalue weighted by Gasteiger charge is -2.09. The normalized spacial score (nSPS) is 11.2. The van der Waals surface area contributed by atoms with Gasteiger partial charge in [-0.2, -0.15) is 0 Å². The molecule has 108 valence electrons. The Balaban J connectivity index is 2.27. The molecule has 0 radical (unpaired) electrons. The van der Waals surface area contributed by atoms with E-state index >= 15 is 0 Å². The Labute approximate surface area is 120 Å². The Morgan fingerprint density at radius 1 is 1.55 bits per heavy atom. The van der Waals surface area contributed by atoms with Gasteiger partial charge in [0.05, 0.1) is 16.1 Å². The average molecular weight is 299 g/mol. The van der Waals surface area contributed by atoms with E-state index in [-0.39, 0.29) is 23.4 Å². The van der Waals surface area contributed by atoms with Gasteiger partial charge in [-0.25, -0.2) is 9.37 Å². The summed E-state index contributed by atoms with van der Waals surface area (Å²) in [5.74, 6) is -0.223. The summed E-state index contributed by atoms with van der Waals surface area (Å²) in [5.41, 5.74) is 6.68. The molecule has 0 atom stereocenters. The number of imidazole rings is 1. The van der Waals surface area contributed by atoms with Crippen LogP contribution < -0.4 is 11.1 Å². The average Bonchev–Trinajstić information content (AvgIpc) is 2.64. The summed E-state index contributed by atoms with van der Waals surface area (Å²) in [7, 11) is 0. The molecule has 2 aromatic rings. The number of hydrogen-bond acceptors (Lipinski definition) is 3. The van der Waals surface area contributed by atoms with Gasteiger partial charge in [0.25, 0.3) is 0 Å². The minimum absolute atomic E-state index is 0.0248. The molecule has 0 aliphatic heterocycles. The van der Waals surface area contributed by atoms with Crippen LogP contribution >= 0.6 is 11.6 Å². The van der Waals surface area contributed by atoms with Crippen molar-refractivity contribution in [1.82, 2.24) is 14.9 Å². The van der Waals surface area contributed by atoms with Gasteiger partial charge < -0.3 is 15.6 Å². The number of carbonyl (C=O) groups is 1. The molecule has 3 N–H and O–H groups in total. The number of hydrogen-bond donors (Lipinski definition) is 2. The highest BCUT2D eigenvalue weighted by Crippen LogP contribution is 2.24. The Bertz CT molecular complexity index is 653. The Morgan fingerprint density at radius 3 is 2.90 bits per heavy atom. The molecule has 0 aliphatic rings. The van der Waals surface area contributed by atoms with Crippen LogP contribution in [0.3, 0.4) is 0 Å². The second kappa shape index (κ2) is 5.66. The highest BCUT2D eigenvalue weighted by atomic mass is 35.5. The number of nitrogens with one attached hydrogen (secondary N) is 1. The van der Waals surface area contributed by atoms with Gasteiger partial charge in [-0.15, -0.1) is 0 Å². The van der Waals surface area contributed by atoms with Crippen molar-refractivity contribution in [3.63, 3.8) is 0 Å². The smallest absolute Gasteiger partial charge is 0.240 e. The molecule has 0 saturated carbocycles. The number of nitrogens with zero attached hydrogens (tertiary/aromatic N) is 2. The molecule has 20 heavy (non-hydrogen) atoms. The van der Waals surface area contributed by atoms with E-state index in [1.165, 1.54) is 16.7 Å². The number of rotatable bonds is 4. The minimum atomic E-state index is -0.562. The van der Waals surface area contributed by atoms with Crippen molar-refractivity contribution in [2.45, 2.75) is 20.4 Å². The summed E-state index contributed by atoms with van der Waals surface area (Å²) in [6.45, 7) is 4.62. The second-order valence-corrected chi connectivity index (χ2v) is 5.42. The molecule has 1 aromatic heterocycles. The third-order valence-corrected chi connectivity index (χ3v) is 3.12. The van der Waals surface area contributed by atoms with Gasteiger partial charge in [0, 0.05) is 12.6 Å². The zero-order valence-electron chi connectivity index (χ0n) is 11.3. The van der Waals surface area contributed by atoms with Crippen LogP contribution in [-0.2, 0) is 11.3 Å². The molecule has 2 rings (SSSR count). The van der Waals surface area contributed by atoms with Gasteiger partial charge in [-0.3, -0.25) is 4.79 Å². The van der Waals surface area contributed by atoms with Crippen molar-refractivity contribution in [1.29, 1.82) is 0 Å². The minimum Gasteiger partial charge on any atom is -0.369 e. The van der Waals surface area contributed by atoms with Crippen molar-refractivity contribution < 1.29 is 9.18 Å². The fourth-order valence-electron chi connectivity index (χ4n) is 1.82. The van der Waals surface area contributed by atoms with E-state index in [0.29, 0.717) is 23.5 Å². The van der Waals surface area contributed by atoms with Crippen LogP contribution in [-0.4, -0.2) is 22.0 Å². The molecule has 1 heterocycles. The largest absolute Gasteiger partial charge is 0.369 e. The Morgan fingerprint density at radius 2 is 2.25 bits per heavy atom. The first-order valence-corrected chi connectivity index (χ1v) is 6.63. The fraction of sp³-hybridized carbons (Fsp3) is 0.385. The van der Waals surface area contributed by atoms with E-state index in [1.807, 2.05) is 13.8 Å². The highest BCUT2D eigenvalue weighted by molar-refractivity contribution is 6.31. The highest BCUT2D eigenvalue weighted by Gasteiger charge is 2.14. The predicted octanol–water partition coefficient (Wildman–Crippen LogP) is 2.18. The summed E-state index contributed by atoms with van der Waals surface area (Å²) in [5, 5.41) is 2.76. The standard InChI is InChI=1S/C13H16ClFN4O/c1-7(2)5-17-12(20)6-19-11-3-8(14)9(15)4-10(11)18-13(19)16/h3-4,7H,5-6H2,1-2H3,(H2,16,18)(H,17,20). The maximum Gasteiger partial charge on any atom is 0.240 e. The quantitative estimate of drug-likeness (QED) is 0.908. The molecular formula is C13H16ClFN4O. The molecule has 0 saturated heterocycles. The summed E-state index contributed by atoms with van der Waals surface area (Å²) < 4.78 is 14.9. The van der Waals surface area contributed by atoms with E-state index in [2.05, 4.69) is 10.3 Å². The first-order chi connectivity index (χ1) is 9.38. The fourth-order valence-corrected chi connectivity index (χ4v) is 1.98. The number of halogens is 2. The third-order valence-electron chi connectivity index (χ3n) is 2.83. The summed E-state index contributed by atoms with van der Waals surface area (Å²) in [4.78, 5) is 15.9. The van der Waals surface area contributed by atoms with E-state index in [9.17, 15) is 9.18 Å². The molecule has 7 heteroatoms. The zero-order chi connectivity index (χ0) is 14.9. The number of fused-ring (bicyclic) bond motifs is 1. The maximum absolute atomic E-state index is 13.4. The van der Waals surface area contributed by atoms with Gasteiger partial charge >= 0.3 is 0 Å². The van der Waals surface area contributed by atoms with Gasteiger partial charge in [0.2, 0.25) is 11.9 Å². The third kappa shape index (κ3) is 3.01. The zero-order valence-corrected chi connectivity index (χ0v) is 12.0. The molecular weight excluding hydrogens is 283 g/mol. The number of anilines is 1. The first kappa shape index (κ1) is 14.6. The van der Waals surface area contributed by atoms with E-state index in [0.717, 1.165) is 0 Å². The Kier molecular flexibility index (Phi) is 4.13. The number of nitrogen functional groups attached to an aromatic ring is 1. The van der Waals surface area contributed by atoms with E-state index in [1.54, 1.807) is 0 Å². The molecule has 0 fully saturated rings. The predicted molar refractivity (Wildman–Crippen MR) is 77.0 cm³/mol. The van der Waals surface area contributed by atoms with Crippen molar-refractivity contribution in [2.75, 3.05) is 12.3 Å². The van der Waals surface area contributed by atoms with Crippen molar-refractivity contribution in [3.05, 3.63) is 23.0 Å². The SMILES string of the molecule is CC(C)CNC(=O)Cn1c(N)nc2cc(F)c(Cl)cc21. The van der Waals surface area contributed by atoms with Gasteiger partial charge in [-0.05, 0) is 12.0 Å². The van der Waals surface area contributed by atoms with Crippen molar-refractivity contribution in [2.24, 2.45) is 5.92 Å². The van der Waals surface area contributed by atoms with Gasteiger partial charge in [0.15, 0.2) is 0 Å². The number of benzene rings is 1. The van der Waals surface area contributed by atoms with Crippen molar-refractivity contribution in [3.8, 4) is 0 Å². The number of amides is 1. The molecule has 5 nitrogen and oxygen atoms in total. The first-order valence-electron chi connectivity index (χ1n) is 6.26. The lowest BCUT2D eigenvalue weighted by Crippen LogP contribution is -2.30. The van der Waals surface area contributed by atoms with Crippen LogP contribution in [0.1, 0.15) is 13.8 Å². The van der Waals surface area contributed by atoms with Crippen LogP contribution in [0.2, 0.25) is 5.02 Å². The number of aromatic nitrogens is 2. The molecule has 1 aromatic carbocycles. The van der Waals surface area contributed by atoms with Crippen LogP contribution in [0.5, 0.6) is 0 Å². The van der Waals surface area contributed by atoms with Crippen LogP contribution in [0.25, 0.3) is 11.0 Å². The summed E-state index contributed by atoms with van der Waals surface area (Å²) in [6, 6.07) is 2.63. The second-order valence-electron chi connectivity index (χ2n) is 5.01. The lowest BCUT2D eigenvalue weighted by molar-refractivity contribution is -0.121. The molecule has 0 bridgehead atoms. The molecule has 1 amide bonds. The van der Waals surface area contributed by atoms with Crippen LogP contribution in [0.4, 0.5) is 10.3 Å². The number of carbonyl (C=O) groups excluding carboxylic acids is 1. The van der Waals surface area contributed by atoms with Gasteiger partial charge in [0.1, 0.15) is 12.4 Å². The van der Waals surface area contributed by atoms with Crippen molar-refractivity contribution >= 4 is 34.5 Å². The van der Waals surface area contributed by atoms with Crippen LogP contribution in [0.15, 0.2) is 12.1 Å². The molecule has 0 aliphatic carbocycles. The molecule has 0 unspecified atom stereocenters. The Hall–Kier alpha value is -1.82. The van der Waals surface area contributed by atoms with E-state index < -0.39 is 5.82 Å². The maximum atomic E-state index is 13.4. The molecule has 0 spiro atoms.